The monoisotopic (exact) mass is 548 g/mol. The summed E-state index contributed by atoms with van der Waals surface area (Å²) in [5, 5.41) is 10.6. The van der Waals surface area contributed by atoms with Crippen LogP contribution in [0.5, 0.6) is 0 Å². The SMILES string of the molecule is CN(c1cccc(-c2cc(NC3CCC(NC(=O)OCc4ccccc4)CC3)ncc2Cl)n1)[C@H]1CCCNC1. The van der Waals surface area contributed by atoms with Crippen molar-refractivity contribution in [3.63, 3.8) is 0 Å². The molecule has 3 heterocycles. The van der Waals surface area contributed by atoms with Gasteiger partial charge in [0, 0.05) is 43.5 Å². The highest BCUT2D eigenvalue weighted by atomic mass is 35.5. The van der Waals surface area contributed by atoms with Crippen molar-refractivity contribution < 1.29 is 9.53 Å². The molecule has 2 aliphatic rings. The number of halogens is 1. The minimum atomic E-state index is -0.362. The van der Waals surface area contributed by atoms with E-state index in [1.54, 1.807) is 6.20 Å². The number of amides is 1. The molecule has 3 aromatic rings. The van der Waals surface area contributed by atoms with Gasteiger partial charge in [-0.1, -0.05) is 48.0 Å². The summed E-state index contributed by atoms with van der Waals surface area (Å²) in [6, 6.07) is 18.6. The number of alkyl carbamates (subject to hydrolysis) is 1. The van der Waals surface area contributed by atoms with Gasteiger partial charge in [0.15, 0.2) is 0 Å². The van der Waals surface area contributed by atoms with E-state index in [0.29, 0.717) is 11.1 Å². The zero-order valence-corrected chi connectivity index (χ0v) is 23.2. The van der Waals surface area contributed by atoms with Crippen LogP contribution in [0.3, 0.4) is 0 Å². The van der Waals surface area contributed by atoms with Gasteiger partial charge in [-0.15, -0.1) is 0 Å². The van der Waals surface area contributed by atoms with Crippen molar-refractivity contribution in [1.82, 2.24) is 20.6 Å². The number of carbonyl (C=O) groups is 1. The Morgan fingerprint density at radius 1 is 1.08 bits per heavy atom. The van der Waals surface area contributed by atoms with Crippen LogP contribution in [0.4, 0.5) is 16.4 Å². The average Bonchev–Trinajstić information content (AvgIpc) is 2.99. The van der Waals surface area contributed by atoms with Crippen LogP contribution in [0.25, 0.3) is 11.3 Å². The zero-order chi connectivity index (χ0) is 27.0. The lowest BCUT2D eigenvalue weighted by Crippen LogP contribution is -2.44. The van der Waals surface area contributed by atoms with Crippen molar-refractivity contribution in [3.8, 4) is 11.3 Å². The lowest BCUT2D eigenvalue weighted by Gasteiger charge is -2.32. The quantitative estimate of drug-likeness (QED) is 0.336. The number of carbonyl (C=O) groups excluding carboxylic acids is 1. The Morgan fingerprint density at radius 2 is 1.87 bits per heavy atom. The van der Waals surface area contributed by atoms with E-state index in [1.807, 2.05) is 48.5 Å². The molecule has 2 aromatic heterocycles. The molecule has 206 valence electrons. The van der Waals surface area contributed by atoms with E-state index >= 15 is 0 Å². The van der Waals surface area contributed by atoms with Crippen molar-refractivity contribution in [2.75, 3.05) is 30.4 Å². The van der Waals surface area contributed by atoms with Gasteiger partial charge >= 0.3 is 6.09 Å². The lowest BCUT2D eigenvalue weighted by atomic mass is 9.91. The lowest BCUT2D eigenvalue weighted by molar-refractivity contribution is 0.132. The van der Waals surface area contributed by atoms with Gasteiger partial charge in [0.05, 0.1) is 10.7 Å². The van der Waals surface area contributed by atoms with Crippen LogP contribution in [0.1, 0.15) is 44.1 Å². The molecule has 1 aliphatic carbocycles. The Morgan fingerprint density at radius 3 is 2.64 bits per heavy atom. The van der Waals surface area contributed by atoms with Gasteiger partial charge in [0.1, 0.15) is 18.2 Å². The second-order valence-corrected chi connectivity index (χ2v) is 10.8. The number of likely N-dealkylation sites (N-methyl/N-ethyl adjacent to an activating group) is 1. The molecule has 1 saturated heterocycles. The summed E-state index contributed by atoms with van der Waals surface area (Å²) in [5.41, 5.74) is 2.68. The van der Waals surface area contributed by atoms with E-state index < -0.39 is 0 Å². The maximum atomic E-state index is 12.2. The van der Waals surface area contributed by atoms with Gasteiger partial charge in [0.25, 0.3) is 0 Å². The molecule has 1 saturated carbocycles. The first-order valence-electron chi connectivity index (χ1n) is 13.9. The Hall–Kier alpha value is -3.36. The molecule has 1 aliphatic heterocycles. The van der Waals surface area contributed by atoms with Crippen LogP contribution in [0, 0.1) is 0 Å². The molecule has 0 spiro atoms. The van der Waals surface area contributed by atoms with Crippen LogP contribution in [-0.4, -0.2) is 54.3 Å². The molecule has 0 unspecified atom stereocenters. The predicted octanol–water partition coefficient (Wildman–Crippen LogP) is 5.63. The van der Waals surface area contributed by atoms with E-state index in [0.717, 1.165) is 73.7 Å². The Balaban J connectivity index is 1.15. The maximum Gasteiger partial charge on any atom is 0.407 e. The van der Waals surface area contributed by atoms with Crippen molar-refractivity contribution in [1.29, 1.82) is 0 Å². The standard InChI is InChI=1S/C30H37ClN6O2/c1-37(24-9-6-16-32-18-24)29-11-5-10-27(36-29)25-17-28(33-19-26(25)31)34-22-12-14-23(15-13-22)35-30(38)39-20-21-7-3-2-4-8-21/h2-5,7-8,10-11,17,19,22-24,32H,6,9,12-16,18,20H2,1H3,(H,33,34)(H,35,38)/t22?,23?,24-/m0/s1. The van der Waals surface area contributed by atoms with E-state index in [1.165, 1.54) is 6.42 Å². The van der Waals surface area contributed by atoms with Gasteiger partial charge in [-0.25, -0.2) is 14.8 Å². The highest BCUT2D eigenvalue weighted by Gasteiger charge is 2.24. The summed E-state index contributed by atoms with van der Waals surface area (Å²) in [6.45, 7) is 2.33. The van der Waals surface area contributed by atoms with Crippen LogP contribution in [0.2, 0.25) is 5.02 Å². The molecule has 1 atom stereocenters. The molecule has 8 nitrogen and oxygen atoms in total. The highest BCUT2D eigenvalue weighted by molar-refractivity contribution is 6.33. The summed E-state index contributed by atoms with van der Waals surface area (Å²) in [7, 11) is 2.11. The minimum absolute atomic E-state index is 0.114. The number of rotatable bonds is 8. The molecule has 1 aromatic carbocycles. The van der Waals surface area contributed by atoms with Gasteiger partial charge in [0.2, 0.25) is 0 Å². The van der Waals surface area contributed by atoms with E-state index in [2.05, 4.69) is 38.9 Å². The topological polar surface area (TPSA) is 91.4 Å². The molecule has 3 N–H and O–H groups in total. The second-order valence-electron chi connectivity index (χ2n) is 10.4. The van der Waals surface area contributed by atoms with Gasteiger partial charge in [-0.2, -0.15) is 0 Å². The van der Waals surface area contributed by atoms with Crippen molar-refractivity contribution >= 4 is 29.3 Å². The number of pyridine rings is 2. The molecular weight excluding hydrogens is 512 g/mol. The second kappa shape index (κ2) is 13.1. The van der Waals surface area contributed by atoms with Crippen LogP contribution in [-0.2, 0) is 11.3 Å². The van der Waals surface area contributed by atoms with Gasteiger partial charge < -0.3 is 25.6 Å². The third-order valence-corrected chi connectivity index (χ3v) is 7.96. The number of nitrogens with zero attached hydrogens (tertiary/aromatic N) is 3. The third-order valence-electron chi connectivity index (χ3n) is 7.66. The van der Waals surface area contributed by atoms with Crippen molar-refractivity contribution in [3.05, 3.63) is 71.4 Å². The van der Waals surface area contributed by atoms with Gasteiger partial charge in [-0.05, 0) is 68.8 Å². The summed E-state index contributed by atoms with van der Waals surface area (Å²) < 4.78 is 5.38. The number of nitrogens with one attached hydrogen (secondary N) is 3. The first kappa shape index (κ1) is 27.2. The number of hydrogen-bond acceptors (Lipinski definition) is 7. The van der Waals surface area contributed by atoms with Gasteiger partial charge in [-0.3, -0.25) is 0 Å². The molecule has 9 heteroatoms. The number of hydrogen-bond donors (Lipinski definition) is 3. The number of anilines is 2. The molecule has 0 bridgehead atoms. The predicted molar refractivity (Wildman–Crippen MR) is 156 cm³/mol. The van der Waals surface area contributed by atoms with E-state index in [-0.39, 0.29) is 24.8 Å². The first-order chi connectivity index (χ1) is 19.0. The molecular formula is C30H37ClN6O2. The smallest absolute Gasteiger partial charge is 0.407 e. The summed E-state index contributed by atoms with van der Waals surface area (Å²) >= 11 is 6.58. The van der Waals surface area contributed by atoms with Crippen molar-refractivity contribution in [2.45, 2.75) is 63.3 Å². The van der Waals surface area contributed by atoms with Crippen LogP contribution in [0.15, 0.2) is 60.8 Å². The van der Waals surface area contributed by atoms with Crippen molar-refractivity contribution in [2.24, 2.45) is 0 Å². The fraction of sp³-hybridized carbons (Fsp3) is 0.433. The zero-order valence-electron chi connectivity index (χ0n) is 22.4. The number of piperidine rings is 1. The summed E-state index contributed by atoms with van der Waals surface area (Å²) in [4.78, 5) is 24.0. The molecule has 0 radical (unpaired) electrons. The molecule has 5 rings (SSSR count). The largest absolute Gasteiger partial charge is 0.445 e. The number of ether oxygens (including phenoxy) is 1. The van der Waals surface area contributed by atoms with Crippen LogP contribution >= 0.6 is 11.6 Å². The molecule has 2 fully saturated rings. The normalized spacial score (nSPS) is 21.1. The fourth-order valence-corrected chi connectivity index (χ4v) is 5.56. The van der Waals surface area contributed by atoms with E-state index in [9.17, 15) is 4.79 Å². The first-order valence-corrected chi connectivity index (χ1v) is 14.2. The highest BCUT2D eigenvalue weighted by Crippen LogP contribution is 2.31. The molecule has 39 heavy (non-hydrogen) atoms. The summed E-state index contributed by atoms with van der Waals surface area (Å²) in [5.74, 6) is 1.72. The minimum Gasteiger partial charge on any atom is -0.445 e. The van der Waals surface area contributed by atoms with Crippen LogP contribution < -0.4 is 20.9 Å². The maximum absolute atomic E-state index is 12.2. The number of benzene rings is 1. The Labute approximate surface area is 235 Å². The fourth-order valence-electron chi connectivity index (χ4n) is 5.36. The molecule has 1 amide bonds. The van der Waals surface area contributed by atoms with E-state index in [4.69, 9.17) is 21.3 Å². The Kier molecular flexibility index (Phi) is 9.16. The average molecular weight is 549 g/mol. The summed E-state index contributed by atoms with van der Waals surface area (Å²) in [6.07, 6.45) is 7.28. The Bertz CT molecular complexity index is 1230. The number of aromatic nitrogens is 2. The third kappa shape index (κ3) is 7.40.